The molecular weight excluding hydrogens is 389 g/mol. The average molecular weight is 418 g/mol. The van der Waals surface area contributed by atoms with Crippen LogP contribution in [0.3, 0.4) is 0 Å². The summed E-state index contributed by atoms with van der Waals surface area (Å²) >= 11 is 0. The van der Waals surface area contributed by atoms with Crippen molar-refractivity contribution < 1.29 is 14.2 Å². The molecule has 2 aromatic carbocycles. The molecule has 3 nitrogen and oxygen atoms in total. The predicted octanol–water partition coefficient (Wildman–Crippen LogP) is 6.68. The second kappa shape index (κ2) is 11.2. The number of aromatic nitrogens is 1. The van der Waals surface area contributed by atoms with Gasteiger partial charge in [-0.1, -0.05) is 61.2 Å². The molecule has 31 heavy (non-hydrogen) atoms. The highest BCUT2D eigenvalue weighted by Gasteiger charge is 2.05. The first kappa shape index (κ1) is 22.4. The Hall–Kier alpha value is -3.24. The number of benzene rings is 2. The van der Waals surface area contributed by atoms with Gasteiger partial charge in [0.05, 0.1) is 18.0 Å². The summed E-state index contributed by atoms with van der Waals surface area (Å²) in [6.07, 6.45) is 9.32. The van der Waals surface area contributed by atoms with Crippen LogP contribution in [-0.4, -0.2) is 22.8 Å². The molecule has 1 unspecified atom stereocenters. The summed E-state index contributed by atoms with van der Waals surface area (Å²) < 4.78 is 20.0. The first-order valence-electron chi connectivity index (χ1n) is 10.5. The Morgan fingerprint density at radius 3 is 2.45 bits per heavy atom. The largest absolute Gasteiger partial charge is 0.488 e. The van der Waals surface area contributed by atoms with Crippen molar-refractivity contribution in [2.75, 3.05) is 6.61 Å². The van der Waals surface area contributed by atoms with E-state index < -0.39 is 0 Å². The summed E-state index contributed by atoms with van der Waals surface area (Å²) in [4.78, 5) is 4.44. The van der Waals surface area contributed by atoms with Crippen LogP contribution in [0.15, 0.2) is 79.5 Å². The van der Waals surface area contributed by atoms with Gasteiger partial charge >= 0.3 is 0 Å². The molecule has 1 N–H and O–H groups in total. The molecule has 0 saturated heterocycles. The van der Waals surface area contributed by atoms with E-state index in [9.17, 15) is 9.50 Å². The third-order valence-electron chi connectivity index (χ3n) is 4.91. The summed E-state index contributed by atoms with van der Waals surface area (Å²) in [5.41, 5.74) is 4.17. The number of nitrogens with zero attached hydrogens (tertiary/aromatic N) is 1. The number of ether oxygens (including phenoxy) is 1. The van der Waals surface area contributed by atoms with Crippen LogP contribution >= 0.6 is 0 Å². The lowest BCUT2D eigenvalue weighted by Gasteiger charge is -2.07. The normalized spacial score (nSPS) is 12.1. The third kappa shape index (κ3) is 6.63. The van der Waals surface area contributed by atoms with Crippen molar-refractivity contribution in [3.8, 4) is 28.1 Å². The van der Waals surface area contributed by atoms with Gasteiger partial charge in [0, 0.05) is 11.1 Å². The van der Waals surface area contributed by atoms with Crippen LogP contribution in [0.2, 0.25) is 0 Å². The monoisotopic (exact) mass is 417 g/mol. The number of aliphatic hydroxyl groups is 1. The average Bonchev–Trinajstić information content (AvgIpc) is 2.78. The quantitative estimate of drug-likeness (QED) is 0.295. The van der Waals surface area contributed by atoms with Crippen molar-refractivity contribution in [3.05, 3.63) is 90.9 Å². The van der Waals surface area contributed by atoms with Crippen LogP contribution in [0.1, 0.15) is 31.7 Å². The fraction of sp³-hybridized carbons (Fsp3) is 0.222. The van der Waals surface area contributed by atoms with Crippen molar-refractivity contribution in [1.29, 1.82) is 0 Å². The molecule has 0 spiro atoms. The fourth-order valence-corrected chi connectivity index (χ4v) is 3.21. The lowest BCUT2D eigenvalue weighted by molar-refractivity contribution is 0.182. The molecule has 3 aromatic rings. The second-order valence-electron chi connectivity index (χ2n) is 7.47. The molecular formula is C27H28FNO2. The topological polar surface area (TPSA) is 42.4 Å². The first-order valence-corrected chi connectivity index (χ1v) is 10.5. The van der Waals surface area contributed by atoms with Gasteiger partial charge in [-0.25, -0.2) is 4.39 Å². The Morgan fingerprint density at radius 1 is 1.06 bits per heavy atom. The van der Waals surface area contributed by atoms with Gasteiger partial charge in [-0.2, -0.15) is 0 Å². The lowest BCUT2D eigenvalue weighted by Crippen LogP contribution is -1.97. The van der Waals surface area contributed by atoms with Crippen LogP contribution in [-0.2, 0) is 0 Å². The van der Waals surface area contributed by atoms with E-state index in [1.54, 1.807) is 37.4 Å². The van der Waals surface area contributed by atoms with E-state index in [0.29, 0.717) is 17.9 Å². The molecule has 160 valence electrons. The van der Waals surface area contributed by atoms with Crippen molar-refractivity contribution in [2.24, 2.45) is 0 Å². The van der Waals surface area contributed by atoms with Gasteiger partial charge in [0.25, 0.3) is 0 Å². The summed E-state index contributed by atoms with van der Waals surface area (Å²) in [5.74, 6) is 0.456. The van der Waals surface area contributed by atoms with Gasteiger partial charge in [-0.3, -0.25) is 4.98 Å². The van der Waals surface area contributed by atoms with Crippen LogP contribution in [0.5, 0.6) is 5.75 Å². The van der Waals surface area contributed by atoms with Gasteiger partial charge in [-0.15, -0.1) is 0 Å². The van der Waals surface area contributed by atoms with E-state index in [1.807, 2.05) is 48.5 Å². The molecule has 0 saturated carbocycles. The molecule has 0 fully saturated rings. The maximum absolute atomic E-state index is 14.5. The number of pyridine rings is 1. The zero-order chi connectivity index (χ0) is 22.1. The Balaban J connectivity index is 1.66. The molecule has 0 bridgehead atoms. The molecule has 4 heteroatoms. The summed E-state index contributed by atoms with van der Waals surface area (Å²) in [6.45, 7) is 5.86. The molecule has 0 amide bonds. The molecule has 1 heterocycles. The summed E-state index contributed by atoms with van der Waals surface area (Å²) in [6, 6.07) is 17.0. The maximum Gasteiger partial charge on any atom is 0.138 e. The summed E-state index contributed by atoms with van der Waals surface area (Å²) in [7, 11) is 0. The number of unbranched alkanes of at least 4 members (excludes halogenated alkanes) is 1. The minimum absolute atomic E-state index is 0.245. The third-order valence-corrected chi connectivity index (χ3v) is 4.91. The van der Waals surface area contributed by atoms with Crippen molar-refractivity contribution in [3.63, 3.8) is 0 Å². The Kier molecular flexibility index (Phi) is 8.13. The molecule has 1 atom stereocenters. The van der Waals surface area contributed by atoms with E-state index in [0.717, 1.165) is 41.6 Å². The number of rotatable bonds is 10. The molecule has 0 radical (unpaired) electrons. The highest BCUT2D eigenvalue weighted by atomic mass is 19.1. The zero-order valence-electron chi connectivity index (χ0n) is 17.8. The van der Waals surface area contributed by atoms with Crippen LogP contribution < -0.4 is 4.74 Å². The second-order valence-corrected chi connectivity index (χ2v) is 7.47. The van der Waals surface area contributed by atoms with Crippen molar-refractivity contribution >= 4 is 6.08 Å². The number of allylic oxidation sites excluding steroid dienone is 1. The molecule has 0 aliphatic rings. The Labute approximate surface area is 183 Å². The van der Waals surface area contributed by atoms with Crippen molar-refractivity contribution in [1.82, 2.24) is 4.98 Å². The Morgan fingerprint density at radius 2 is 1.81 bits per heavy atom. The number of aliphatic hydroxyl groups excluding tert-OH is 1. The Bertz CT molecular complexity index is 1010. The van der Waals surface area contributed by atoms with E-state index in [2.05, 4.69) is 11.6 Å². The molecule has 1 aromatic heterocycles. The number of hydrogen-bond donors (Lipinski definition) is 1. The van der Waals surface area contributed by atoms with Gasteiger partial charge in [0.1, 0.15) is 18.2 Å². The summed E-state index contributed by atoms with van der Waals surface area (Å²) in [5, 5.41) is 9.28. The van der Waals surface area contributed by atoms with Crippen LogP contribution in [0.25, 0.3) is 28.5 Å². The van der Waals surface area contributed by atoms with Gasteiger partial charge in [0.2, 0.25) is 0 Å². The van der Waals surface area contributed by atoms with Crippen molar-refractivity contribution in [2.45, 2.75) is 32.3 Å². The highest BCUT2D eigenvalue weighted by Crippen LogP contribution is 2.26. The van der Waals surface area contributed by atoms with E-state index >= 15 is 0 Å². The fourth-order valence-electron chi connectivity index (χ4n) is 3.21. The van der Waals surface area contributed by atoms with E-state index in [1.165, 1.54) is 0 Å². The smallest absolute Gasteiger partial charge is 0.138 e. The number of hydrogen-bond acceptors (Lipinski definition) is 3. The van der Waals surface area contributed by atoms with Gasteiger partial charge in [-0.05, 0) is 55.5 Å². The van der Waals surface area contributed by atoms with E-state index in [-0.39, 0.29) is 11.9 Å². The minimum Gasteiger partial charge on any atom is -0.488 e. The van der Waals surface area contributed by atoms with Gasteiger partial charge < -0.3 is 9.84 Å². The maximum atomic E-state index is 14.5. The molecule has 0 aliphatic heterocycles. The van der Waals surface area contributed by atoms with Gasteiger partial charge in [0.15, 0.2) is 0 Å². The molecule has 0 aliphatic carbocycles. The van der Waals surface area contributed by atoms with Crippen LogP contribution in [0.4, 0.5) is 4.39 Å². The number of halogens is 1. The predicted molar refractivity (Wildman–Crippen MR) is 125 cm³/mol. The highest BCUT2D eigenvalue weighted by molar-refractivity contribution is 5.70. The SMILES string of the molecule is C=CCOc1ccc(-c2ccc(-c3ccc(/C=C/CCCC(C)O)c(F)c3)cc2)nc1. The first-order chi connectivity index (χ1) is 15.1. The molecule has 3 rings (SSSR count). The van der Waals surface area contributed by atoms with Crippen LogP contribution in [0, 0.1) is 5.82 Å². The standard InChI is InChI=1S/C27H28FNO2/c1-3-17-31-25-15-16-27(29-19-25)23-12-9-21(10-13-23)24-14-11-22(26(28)18-24)8-6-4-5-7-20(2)30/h3,6,8-16,18-20,30H,1,4-5,7,17H2,2H3/b8-6+. The zero-order valence-corrected chi connectivity index (χ0v) is 17.8. The van der Waals surface area contributed by atoms with E-state index in [4.69, 9.17) is 4.74 Å². The minimum atomic E-state index is -0.290. The lowest BCUT2D eigenvalue weighted by atomic mass is 10.0.